The van der Waals surface area contributed by atoms with Crippen LogP contribution in [0.3, 0.4) is 0 Å². The zero-order valence-electron chi connectivity index (χ0n) is 20.8. The van der Waals surface area contributed by atoms with E-state index in [0.29, 0.717) is 5.75 Å². The number of halogens is 1. The van der Waals surface area contributed by atoms with Crippen molar-refractivity contribution in [3.8, 4) is 16.2 Å². The quantitative estimate of drug-likeness (QED) is 0.279. The Labute approximate surface area is 233 Å². The van der Waals surface area contributed by atoms with Gasteiger partial charge in [0.2, 0.25) is 0 Å². The van der Waals surface area contributed by atoms with E-state index >= 15 is 0 Å². The predicted octanol–water partition coefficient (Wildman–Crippen LogP) is 3.33. The van der Waals surface area contributed by atoms with Crippen molar-refractivity contribution in [2.24, 2.45) is 0 Å². The topological polar surface area (TPSA) is 73.7 Å². The Hall–Kier alpha value is -0.660. The van der Waals surface area contributed by atoms with Gasteiger partial charge in [0.25, 0.3) is 0 Å². The maximum absolute atomic E-state index is 11.3. The zero-order chi connectivity index (χ0) is 24.6. The van der Waals surface area contributed by atoms with Gasteiger partial charge in [0.05, 0.1) is 0 Å². The molecule has 2 aromatic rings. The van der Waals surface area contributed by atoms with Crippen LogP contribution in [0, 0.1) is 3.82 Å². The van der Waals surface area contributed by atoms with Crippen molar-refractivity contribution >= 4 is 45.3 Å². The highest BCUT2D eigenvalue weighted by atomic mass is 35.5. The normalized spacial score (nSPS) is 18.4. The van der Waals surface area contributed by atoms with E-state index in [1.54, 1.807) is 20.7 Å². The minimum absolute atomic E-state index is 0. The third kappa shape index (κ3) is 8.42. The Balaban J connectivity index is 0.00000361. The van der Waals surface area contributed by atoms with Crippen molar-refractivity contribution < 1.29 is 15.3 Å². The van der Waals surface area contributed by atoms with Gasteiger partial charge in [0.1, 0.15) is 9.57 Å². The van der Waals surface area contributed by atoms with Crippen molar-refractivity contribution in [2.45, 2.75) is 25.9 Å². The van der Waals surface area contributed by atoms with E-state index in [4.69, 9.17) is 22.4 Å². The molecular formula is C25H39ClN4O3S3. The van der Waals surface area contributed by atoms with E-state index in [1.165, 1.54) is 4.88 Å². The van der Waals surface area contributed by atoms with Crippen LogP contribution in [0.25, 0.3) is 10.4 Å². The van der Waals surface area contributed by atoms with Gasteiger partial charge in [0.15, 0.2) is 0 Å². The van der Waals surface area contributed by atoms with Crippen LogP contribution in [0.2, 0.25) is 0 Å². The van der Waals surface area contributed by atoms with E-state index in [9.17, 15) is 5.11 Å². The van der Waals surface area contributed by atoms with Crippen LogP contribution >= 0.6 is 45.3 Å². The highest BCUT2D eigenvalue weighted by Gasteiger charge is 2.22. The summed E-state index contributed by atoms with van der Waals surface area (Å²) in [7, 11) is 3.33. The van der Waals surface area contributed by atoms with Gasteiger partial charge in [-0.05, 0) is 36.6 Å². The molecule has 1 aromatic heterocycles. The van der Waals surface area contributed by atoms with Crippen LogP contribution in [0.4, 0.5) is 0 Å². The van der Waals surface area contributed by atoms with Crippen LogP contribution in [0.15, 0.2) is 18.2 Å². The van der Waals surface area contributed by atoms with E-state index < -0.39 is 0 Å². The molecule has 0 atom stereocenters. The second-order valence-electron chi connectivity index (χ2n) is 9.53. The van der Waals surface area contributed by atoms with Crippen molar-refractivity contribution in [1.29, 1.82) is 0 Å². The Morgan fingerprint density at radius 2 is 1.14 bits per heavy atom. The Bertz CT molecular complexity index is 938. The molecule has 0 bridgehead atoms. The van der Waals surface area contributed by atoms with Gasteiger partial charge in [-0.25, -0.2) is 0 Å². The molecule has 0 spiro atoms. The first kappa shape index (κ1) is 29.9. The monoisotopic (exact) mass is 574 g/mol. The number of rotatable bonds is 11. The average Bonchev–Trinajstić information content (AvgIpc) is 3.31. The van der Waals surface area contributed by atoms with Crippen LogP contribution in [-0.4, -0.2) is 114 Å². The van der Waals surface area contributed by atoms with Crippen LogP contribution in [0.5, 0.6) is 5.75 Å². The number of aliphatic hydroxyl groups is 2. The molecular weight excluding hydrogens is 536 g/mol. The third-order valence-electron chi connectivity index (χ3n) is 7.00. The molecule has 4 rings (SSSR count). The van der Waals surface area contributed by atoms with Gasteiger partial charge in [-0.15, -0.1) is 12.4 Å². The molecule has 3 heterocycles. The minimum atomic E-state index is 0. The number of benzene rings is 1. The summed E-state index contributed by atoms with van der Waals surface area (Å²) in [6, 6.07) is 6.37. The molecule has 11 heteroatoms. The summed E-state index contributed by atoms with van der Waals surface area (Å²) in [6.07, 6.45) is 1.66. The molecule has 0 amide bonds. The predicted molar refractivity (Wildman–Crippen MR) is 154 cm³/mol. The maximum Gasteiger partial charge on any atom is 0.124 e. The van der Waals surface area contributed by atoms with E-state index in [1.807, 2.05) is 0 Å². The highest BCUT2D eigenvalue weighted by molar-refractivity contribution is 7.80. The lowest BCUT2D eigenvalue weighted by Gasteiger charge is -2.35. The molecule has 2 saturated heterocycles. The smallest absolute Gasteiger partial charge is 0.124 e. The molecule has 36 heavy (non-hydrogen) atoms. The number of hydrogen-bond donors (Lipinski definition) is 3. The molecule has 2 aliphatic rings. The van der Waals surface area contributed by atoms with Gasteiger partial charge in [-0.3, -0.25) is 9.80 Å². The van der Waals surface area contributed by atoms with Gasteiger partial charge >= 0.3 is 0 Å². The minimum Gasteiger partial charge on any atom is -0.507 e. The molecule has 2 fully saturated rings. The summed E-state index contributed by atoms with van der Waals surface area (Å²) in [5, 5.41) is 29.5. The molecule has 1 aromatic carbocycles. The molecule has 0 aliphatic carbocycles. The molecule has 0 radical (unpaired) electrons. The van der Waals surface area contributed by atoms with Crippen molar-refractivity contribution in [3.63, 3.8) is 0 Å². The average molecular weight is 575 g/mol. The third-order valence-corrected chi connectivity index (χ3v) is 9.91. The van der Waals surface area contributed by atoms with Crippen molar-refractivity contribution in [2.75, 3.05) is 78.7 Å². The number of phenolic OH excluding ortho intramolecular Hbond substituents is 1. The summed E-state index contributed by atoms with van der Waals surface area (Å²) in [5.41, 5.74) is 3.13. The summed E-state index contributed by atoms with van der Waals surface area (Å²) in [5.74, 6) is 0.429. The van der Waals surface area contributed by atoms with Gasteiger partial charge in [-0.2, -0.15) is 0 Å². The maximum atomic E-state index is 11.3. The molecule has 3 N–H and O–H groups in total. The van der Waals surface area contributed by atoms with E-state index in [0.717, 1.165) is 112 Å². The highest BCUT2D eigenvalue weighted by Crippen LogP contribution is 2.36. The standard InChI is InChI=1S/C25H38N4O3S3.ClH/c30-13-1-3-26-5-9-28(10-6-26)18-21-15-20(23-17-24(33)35-34-23)16-22(25(21)32)19-29-11-7-27(8-12-29)4-2-14-31;/h15-17,30-32H,1-14,18-19H2;1H. The summed E-state index contributed by atoms with van der Waals surface area (Å²) < 4.78 is 0.902. The fourth-order valence-electron chi connectivity index (χ4n) is 4.93. The fourth-order valence-corrected chi connectivity index (χ4v) is 7.31. The summed E-state index contributed by atoms with van der Waals surface area (Å²) in [4.78, 5) is 10.8. The first-order valence-corrected chi connectivity index (χ1v) is 15.2. The zero-order valence-corrected chi connectivity index (χ0v) is 24.1. The Morgan fingerprint density at radius 1 is 0.694 bits per heavy atom. The number of nitrogens with zero attached hydrogens (tertiary/aromatic N) is 4. The first-order chi connectivity index (χ1) is 17.1. The molecule has 7 nitrogen and oxygen atoms in total. The Kier molecular flexibility index (Phi) is 12.5. The lowest BCUT2D eigenvalue weighted by molar-refractivity contribution is 0.117. The molecule has 0 saturated carbocycles. The lowest BCUT2D eigenvalue weighted by atomic mass is 10.0. The summed E-state index contributed by atoms with van der Waals surface area (Å²) in [6.45, 7) is 11.8. The second kappa shape index (κ2) is 15.1. The molecule has 202 valence electrons. The van der Waals surface area contributed by atoms with Crippen LogP contribution < -0.4 is 0 Å². The Morgan fingerprint density at radius 3 is 1.53 bits per heavy atom. The number of phenols is 1. The van der Waals surface area contributed by atoms with Crippen molar-refractivity contribution in [3.05, 3.63) is 33.1 Å². The lowest BCUT2D eigenvalue weighted by Crippen LogP contribution is -2.46. The van der Waals surface area contributed by atoms with E-state index in [2.05, 4.69) is 37.8 Å². The SMILES string of the molecule is Cl.OCCCN1CCN(Cc2cc(-c3cc(=S)ss3)cc(CN3CCN(CCCO)CC3)c2O)CC1. The fraction of sp³-hybridized carbons (Fsp3) is 0.640. The van der Waals surface area contributed by atoms with Gasteiger partial charge < -0.3 is 25.1 Å². The van der Waals surface area contributed by atoms with Crippen LogP contribution in [-0.2, 0) is 13.1 Å². The molecule has 0 unspecified atom stereocenters. The van der Waals surface area contributed by atoms with Gasteiger partial charge in [0, 0.05) is 108 Å². The summed E-state index contributed by atoms with van der Waals surface area (Å²) >= 11 is 5.39. The molecule has 2 aliphatic heterocycles. The van der Waals surface area contributed by atoms with Crippen molar-refractivity contribution in [1.82, 2.24) is 19.6 Å². The second-order valence-corrected chi connectivity index (χ2v) is 12.4. The number of aliphatic hydroxyl groups excluding tert-OH is 2. The van der Waals surface area contributed by atoms with Gasteiger partial charge in [-0.1, -0.05) is 32.9 Å². The largest absolute Gasteiger partial charge is 0.507 e. The first-order valence-electron chi connectivity index (χ1n) is 12.6. The number of aromatic hydroxyl groups is 1. The number of hydrogen-bond acceptors (Lipinski definition) is 10. The van der Waals surface area contributed by atoms with Crippen LogP contribution in [0.1, 0.15) is 24.0 Å². The van der Waals surface area contributed by atoms with E-state index in [-0.39, 0.29) is 25.6 Å². The number of piperazine rings is 2.